The number of carbonyl (C=O) groups is 2. The number of rotatable bonds is 7. The summed E-state index contributed by atoms with van der Waals surface area (Å²) in [5.41, 5.74) is 2.16. The van der Waals surface area contributed by atoms with Crippen molar-refractivity contribution in [2.45, 2.75) is 19.9 Å². The highest BCUT2D eigenvalue weighted by Crippen LogP contribution is 2.31. The Labute approximate surface area is 244 Å². The van der Waals surface area contributed by atoms with E-state index < -0.39 is 18.0 Å². The van der Waals surface area contributed by atoms with Gasteiger partial charge in [-0.2, -0.15) is 0 Å². The van der Waals surface area contributed by atoms with E-state index in [0.29, 0.717) is 31.9 Å². The largest absolute Gasteiger partial charge is 0.493 e. The highest BCUT2D eigenvalue weighted by molar-refractivity contribution is 7.07. The van der Waals surface area contributed by atoms with E-state index in [4.69, 9.17) is 25.8 Å². The van der Waals surface area contributed by atoms with Crippen molar-refractivity contribution in [3.63, 3.8) is 0 Å². The van der Waals surface area contributed by atoms with Gasteiger partial charge in [-0.05, 0) is 55.3 Å². The first-order valence-electron chi connectivity index (χ1n) is 12.7. The van der Waals surface area contributed by atoms with E-state index in [2.05, 4.69) is 4.99 Å². The number of fused-ring (bicyclic) bond motifs is 1. The van der Waals surface area contributed by atoms with Gasteiger partial charge in [-0.15, -0.1) is 0 Å². The van der Waals surface area contributed by atoms with Crippen LogP contribution in [0.15, 0.2) is 93.9 Å². The number of ether oxygens (including phenoxy) is 3. The van der Waals surface area contributed by atoms with Gasteiger partial charge in [0.2, 0.25) is 0 Å². The normalized spacial score (nSPS) is 14.7. The van der Waals surface area contributed by atoms with Gasteiger partial charge in [0.1, 0.15) is 0 Å². The van der Waals surface area contributed by atoms with Crippen LogP contribution in [0, 0.1) is 0 Å². The molecule has 208 valence electrons. The van der Waals surface area contributed by atoms with Crippen LogP contribution >= 0.6 is 22.9 Å². The van der Waals surface area contributed by atoms with Crippen molar-refractivity contribution in [1.29, 1.82) is 0 Å². The molecule has 10 heteroatoms. The maximum absolute atomic E-state index is 13.8. The summed E-state index contributed by atoms with van der Waals surface area (Å²) in [6, 6.07) is 20.2. The van der Waals surface area contributed by atoms with Gasteiger partial charge < -0.3 is 14.2 Å². The van der Waals surface area contributed by atoms with Crippen LogP contribution in [0.25, 0.3) is 6.08 Å². The molecular formula is C31H25ClN2O6S. The first kappa shape index (κ1) is 28.1. The predicted molar refractivity (Wildman–Crippen MR) is 156 cm³/mol. The van der Waals surface area contributed by atoms with Gasteiger partial charge in [0.05, 0.1) is 46.1 Å². The molecule has 0 spiro atoms. The Morgan fingerprint density at radius 3 is 2.46 bits per heavy atom. The van der Waals surface area contributed by atoms with Gasteiger partial charge in [0, 0.05) is 0 Å². The number of aromatic nitrogens is 1. The van der Waals surface area contributed by atoms with Gasteiger partial charge in [-0.25, -0.2) is 14.6 Å². The first-order chi connectivity index (χ1) is 19.8. The molecule has 0 saturated heterocycles. The minimum atomic E-state index is -0.685. The molecule has 1 aromatic heterocycles. The molecule has 5 rings (SSSR count). The molecule has 1 atom stereocenters. The van der Waals surface area contributed by atoms with Gasteiger partial charge in [-0.1, -0.05) is 71.5 Å². The Morgan fingerprint density at radius 2 is 1.76 bits per heavy atom. The summed E-state index contributed by atoms with van der Waals surface area (Å²) in [4.78, 5) is 44.5. The minimum Gasteiger partial charge on any atom is -0.493 e. The third kappa shape index (κ3) is 5.59. The number of hydrogen-bond acceptors (Lipinski definition) is 8. The first-order valence-corrected chi connectivity index (χ1v) is 13.9. The van der Waals surface area contributed by atoms with Crippen molar-refractivity contribution in [1.82, 2.24) is 4.57 Å². The second-order valence-corrected chi connectivity index (χ2v) is 10.4. The molecule has 1 aliphatic rings. The van der Waals surface area contributed by atoms with Gasteiger partial charge >= 0.3 is 11.9 Å². The summed E-state index contributed by atoms with van der Waals surface area (Å²) < 4.78 is 18.3. The molecule has 0 radical (unpaired) electrons. The maximum atomic E-state index is 13.8. The number of esters is 2. The van der Waals surface area contributed by atoms with Crippen molar-refractivity contribution < 1.29 is 23.8 Å². The number of methoxy groups -OCH3 is 1. The van der Waals surface area contributed by atoms with E-state index in [1.807, 2.05) is 30.3 Å². The van der Waals surface area contributed by atoms with E-state index >= 15 is 0 Å². The summed E-state index contributed by atoms with van der Waals surface area (Å²) in [5.74, 6) is -0.628. The molecule has 41 heavy (non-hydrogen) atoms. The fourth-order valence-corrected chi connectivity index (χ4v) is 5.79. The third-order valence-corrected chi connectivity index (χ3v) is 7.73. The van der Waals surface area contributed by atoms with Crippen molar-refractivity contribution in [3.05, 3.63) is 125 Å². The highest BCUT2D eigenvalue weighted by Gasteiger charge is 2.33. The lowest BCUT2D eigenvalue weighted by Gasteiger charge is -2.24. The topological polar surface area (TPSA) is 96.2 Å². The molecular weight excluding hydrogens is 564 g/mol. The Kier molecular flexibility index (Phi) is 8.19. The Morgan fingerprint density at radius 1 is 1.02 bits per heavy atom. The van der Waals surface area contributed by atoms with Crippen LogP contribution in [0.5, 0.6) is 11.5 Å². The van der Waals surface area contributed by atoms with E-state index in [-0.39, 0.29) is 28.5 Å². The molecule has 4 aromatic rings. The molecule has 0 fully saturated rings. The summed E-state index contributed by atoms with van der Waals surface area (Å²) in [6.07, 6.45) is 1.71. The summed E-state index contributed by atoms with van der Waals surface area (Å²) in [6.45, 7) is 3.68. The third-order valence-electron chi connectivity index (χ3n) is 6.41. The smallest absolute Gasteiger partial charge is 0.345 e. The molecule has 0 saturated carbocycles. The number of benzene rings is 3. The number of hydrogen-bond donors (Lipinski definition) is 0. The number of thiazole rings is 1. The number of halogens is 1. The number of nitrogens with zero attached hydrogens (tertiary/aromatic N) is 2. The fourth-order valence-electron chi connectivity index (χ4n) is 4.53. The predicted octanol–water partition coefficient (Wildman–Crippen LogP) is 4.68. The standard InChI is InChI=1S/C31H25ClN2O6S/c1-4-39-30(37)26-18(2)33-31-34(27(26)20-10-6-5-7-11-20)28(35)25(41-31)17-19-14-15-23(24(16-19)38-3)40-29(36)21-12-8-9-13-22(21)32/h5-17,27H,4H2,1-3H3/t27-/m0/s1. The van der Waals surface area contributed by atoms with E-state index in [0.717, 1.165) is 5.56 Å². The Bertz CT molecular complexity index is 1860. The van der Waals surface area contributed by atoms with Crippen molar-refractivity contribution in [2.24, 2.45) is 4.99 Å². The molecule has 3 aromatic carbocycles. The molecule has 0 aliphatic carbocycles. The molecule has 0 bridgehead atoms. The van der Waals surface area contributed by atoms with Crippen LogP contribution in [0.3, 0.4) is 0 Å². The highest BCUT2D eigenvalue weighted by atomic mass is 35.5. The molecule has 0 N–H and O–H groups in total. The lowest BCUT2D eigenvalue weighted by molar-refractivity contribution is -0.139. The zero-order chi connectivity index (χ0) is 29.1. The quantitative estimate of drug-likeness (QED) is 0.230. The fraction of sp³-hybridized carbons (Fsp3) is 0.161. The lowest BCUT2D eigenvalue weighted by Crippen LogP contribution is -2.39. The zero-order valence-electron chi connectivity index (χ0n) is 22.4. The zero-order valence-corrected chi connectivity index (χ0v) is 24.0. The molecule has 0 amide bonds. The average molecular weight is 589 g/mol. The molecule has 0 unspecified atom stereocenters. The van der Waals surface area contributed by atoms with Crippen molar-refractivity contribution >= 4 is 41.0 Å². The van der Waals surface area contributed by atoms with Gasteiger partial charge in [-0.3, -0.25) is 9.36 Å². The van der Waals surface area contributed by atoms with Crippen LogP contribution < -0.4 is 24.4 Å². The van der Waals surface area contributed by atoms with Crippen LogP contribution in [-0.2, 0) is 9.53 Å². The van der Waals surface area contributed by atoms with E-state index in [1.54, 1.807) is 62.4 Å². The SMILES string of the molecule is CCOC(=O)C1=C(C)N=c2sc(=Cc3ccc(OC(=O)c4ccccc4Cl)c(OC)c3)c(=O)n2[C@H]1c1ccccc1. The summed E-state index contributed by atoms with van der Waals surface area (Å²) in [5, 5.41) is 0.276. The summed E-state index contributed by atoms with van der Waals surface area (Å²) in [7, 11) is 1.46. The van der Waals surface area contributed by atoms with Crippen LogP contribution in [0.2, 0.25) is 5.02 Å². The Hall–Kier alpha value is -4.47. The molecule has 8 nitrogen and oxygen atoms in total. The van der Waals surface area contributed by atoms with E-state index in [1.165, 1.54) is 23.0 Å². The van der Waals surface area contributed by atoms with Gasteiger partial charge in [0.15, 0.2) is 16.3 Å². The van der Waals surface area contributed by atoms with Gasteiger partial charge in [0.25, 0.3) is 5.56 Å². The molecule has 2 heterocycles. The number of carbonyl (C=O) groups excluding carboxylic acids is 2. The second-order valence-electron chi connectivity index (χ2n) is 8.99. The lowest BCUT2D eigenvalue weighted by atomic mass is 9.96. The number of allylic oxidation sites excluding steroid dienone is 1. The summed E-state index contributed by atoms with van der Waals surface area (Å²) >= 11 is 7.34. The van der Waals surface area contributed by atoms with Crippen molar-refractivity contribution in [3.8, 4) is 11.5 Å². The average Bonchev–Trinajstić information content (AvgIpc) is 3.27. The maximum Gasteiger partial charge on any atom is 0.345 e. The minimum absolute atomic E-state index is 0.201. The monoisotopic (exact) mass is 588 g/mol. The van der Waals surface area contributed by atoms with Crippen LogP contribution in [-0.4, -0.2) is 30.2 Å². The Balaban J connectivity index is 1.55. The van der Waals surface area contributed by atoms with E-state index in [9.17, 15) is 14.4 Å². The second kappa shape index (κ2) is 12.0. The molecule has 1 aliphatic heterocycles. The van der Waals surface area contributed by atoms with Crippen LogP contribution in [0.4, 0.5) is 0 Å². The van der Waals surface area contributed by atoms with Crippen LogP contribution in [0.1, 0.15) is 41.4 Å². The van der Waals surface area contributed by atoms with Crippen molar-refractivity contribution in [2.75, 3.05) is 13.7 Å².